The van der Waals surface area contributed by atoms with Gasteiger partial charge in [-0.15, -0.1) is 0 Å². The van der Waals surface area contributed by atoms with Gasteiger partial charge in [0.05, 0.1) is 11.0 Å². The Kier molecular flexibility index (Phi) is 6.52. The maximum atomic E-state index is 5.25. The molecule has 0 bridgehead atoms. The molecule has 0 spiro atoms. The van der Waals surface area contributed by atoms with Crippen LogP contribution in [0.2, 0.25) is 0 Å². The maximum Gasteiger partial charge on any atom is 0.238 e. The fraction of sp³-hybridized carbons (Fsp3) is 0. The van der Waals surface area contributed by atoms with Crippen LogP contribution in [0.1, 0.15) is 0 Å². The van der Waals surface area contributed by atoms with Crippen molar-refractivity contribution in [3.05, 3.63) is 182 Å². The molecule has 0 saturated carbocycles. The largest absolute Gasteiger partial charge is 0.278 e. The molecule has 0 fully saturated rings. The topological polar surface area (TPSA) is 43.6 Å². The molecule has 53 heavy (non-hydrogen) atoms. The van der Waals surface area contributed by atoms with E-state index in [2.05, 4.69) is 162 Å². The Labute approximate surface area is 306 Å². The van der Waals surface area contributed by atoms with Crippen molar-refractivity contribution in [3.63, 3.8) is 0 Å². The van der Waals surface area contributed by atoms with Crippen molar-refractivity contribution in [1.29, 1.82) is 0 Å². The molecule has 0 atom stereocenters. The highest BCUT2D eigenvalue weighted by molar-refractivity contribution is 6.23. The molecule has 10 aromatic rings. The molecule has 11 rings (SSSR count). The first-order valence-electron chi connectivity index (χ1n) is 18.0. The van der Waals surface area contributed by atoms with Gasteiger partial charge in [0.1, 0.15) is 0 Å². The molecule has 0 radical (unpaired) electrons. The molecule has 4 nitrogen and oxygen atoms in total. The summed E-state index contributed by atoms with van der Waals surface area (Å²) in [6, 6.07) is 64.5. The molecule has 1 aliphatic rings. The van der Waals surface area contributed by atoms with Gasteiger partial charge in [0.2, 0.25) is 5.95 Å². The Balaban J connectivity index is 1.20. The van der Waals surface area contributed by atoms with Gasteiger partial charge in [-0.1, -0.05) is 170 Å². The first-order chi connectivity index (χ1) is 26.3. The van der Waals surface area contributed by atoms with Gasteiger partial charge >= 0.3 is 0 Å². The molecule has 246 valence electrons. The van der Waals surface area contributed by atoms with E-state index < -0.39 is 0 Å². The monoisotopic (exact) mass is 674 g/mol. The quantitative estimate of drug-likeness (QED) is 0.187. The lowest BCUT2D eigenvalue weighted by Gasteiger charge is -2.14. The molecule has 0 aliphatic heterocycles. The second-order valence-corrected chi connectivity index (χ2v) is 13.6. The van der Waals surface area contributed by atoms with Crippen LogP contribution < -0.4 is 0 Å². The third-order valence-corrected chi connectivity index (χ3v) is 10.6. The average molecular weight is 675 g/mol. The summed E-state index contributed by atoms with van der Waals surface area (Å²) in [5.41, 5.74) is 13.7. The van der Waals surface area contributed by atoms with Gasteiger partial charge in [0.25, 0.3) is 0 Å². The lowest BCUT2D eigenvalue weighted by molar-refractivity contribution is 0.953. The predicted octanol–water partition coefficient (Wildman–Crippen LogP) is 12.4. The van der Waals surface area contributed by atoms with Crippen LogP contribution in [0, 0.1) is 0 Å². The highest BCUT2D eigenvalue weighted by atomic mass is 15.2. The third-order valence-electron chi connectivity index (χ3n) is 10.6. The summed E-state index contributed by atoms with van der Waals surface area (Å²) in [6.07, 6.45) is 0. The lowest BCUT2D eigenvalue weighted by atomic mass is 9.90. The highest BCUT2D eigenvalue weighted by Gasteiger charge is 2.26. The van der Waals surface area contributed by atoms with Crippen LogP contribution in [-0.2, 0) is 0 Å². The zero-order valence-corrected chi connectivity index (χ0v) is 28.6. The van der Waals surface area contributed by atoms with E-state index >= 15 is 0 Å². The molecule has 0 saturated heterocycles. The normalized spacial score (nSPS) is 11.8. The fourth-order valence-electron chi connectivity index (χ4n) is 8.26. The standard InChI is InChI=1S/C49H30N4/c1-3-13-31(14-4-1)32-25-27-35(28-26-32)48-50-47(34-15-5-2-6-16-34)51-49(52-48)53-42-24-10-9-21-41(42)46-43(53)30-29-40-39-23-12-18-33-17-11-22-37(44(33)39)36-19-7-8-20-38(36)45(40)46/h1-30H. The van der Waals surface area contributed by atoms with E-state index in [0.29, 0.717) is 17.6 Å². The van der Waals surface area contributed by atoms with E-state index in [0.717, 1.165) is 33.1 Å². The van der Waals surface area contributed by atoms with Crippen molar-refractivity contribution >= 4 is 32.6 Å². The SMILES string of the molecule is c1ccc(-c2ccc(-c3nc(-c4ccccc4)nc(-n4c5ccccc5c5c6c(ccc54)-c4cccc5cccc(c45)-c4ccccc4-6)n3)cc2)cc1. The van der Waals surface area contributed by atoms with Crippen LogP contribution in [-0.4, -0.2) is 19.5 Å². The number of rotatable bonds is 4. The van der Waals surface area contributed by atoms with Crippen molar-refractivity contribution in [2.75, 3.05) is 0 Å². The minimum atomic E-state index is 0.583. The first kappa shape index (κ1) is 29.5. The zero-order chi connectivity index (χ0) is 34.9. The maximum absolute atomic E-state index is 5.25. The average Bonchev–Trinajstić information content (AvgIpc) is 3.52. The third kappa shape index (κ3) is 4.59. The summed E-state index contributed by atoms with van der Waals surface area (Å²) in [6.45, 7) is 0. The smallest absolute Gasteiger partial charge is 0.238 e. The minimum Gasteiger partial charge on any atom is -0.278 e. The van der Waals surface area contributed by atoms with Crippen molar-refractivity contribution in [1.82, 2.24) is 19.5 Å². The van der Waals surface area contributed by atoms with Crippen molar-refractivity contribution in [2.24, 2.45) is 0 Å². The van der Waals surface area contributed by atoms with E-state index in [9.17, 15) is 0 Å². The van der Waals surface area contributed by atoms with E-state index in [1.165, 1.54) is 55.1 Å². The number of fused-ring (bicyclic) bond motifs is 9. The van der Waals surface area contributed by atoms with Crippen LogP contribution in [0.3, 0.4) is 0 Å². The molecule has 2 aromatic heterocycles. The van der Waals surface area contributed by atoms with Crippen LogP contribution in [0.15, 0.2) is 182 Å². The van der Waals surface area contributed by atoms with E-state index in [-0.39, 0.29) is 0 Å². The molecule has 1 aliphatic carbocycles. The minimum absolute atomic E-state index is 0.583. The molecule has 0 N–H and O–H groups in total. The second-order valence-electron chi connectivity index (χ2n) is 13.6. The highest BCUT2D eigenvalue weighted by Crippen LogP contribution is 2.51. The van der Waals surface area contributed by atoms with Gasteiger partial charge < -0.3 is 0 Å². The summed E-state index contributed by atoms with van der Waals surface area (Å²) in [5, 5.41) is 4.87. The van der Waals surface area contributed by atoms with Gasteiger partial charge in [0, 0.05) is 27.5 Å². The Morgan fingerprint density at radius 3 is 1.60 bits per heavy atom. The Hall–Kier alpha value is -7.17. The molecule has 4 heteroatoms. The van der Waals surface area contributed by atoms with Crippen molar-refractivity contribution in [2.45, 2.75) is 0 Å². The predicted molar refractivity (Wildman–Crippen MR) is 218 cm³/mol. The summed E-state index contributed by atoms with van der Waals surface area (Å²) in [4.78, 5) is 15.5. The molecule has 2 heterocycles. The summed E-state index contributed by atoms with van der Waals surface area (Å²) < 4.78 is 2.22. The first-order valence-corrected chi connectivity index (χ1v) is 18.0. The summed E-state index contributed by atoms with van der Waals surface area (Å²) >= 11 is 0. The molecule has 8 aromatic carbocycles. The number of aromatic nitrogens is 4. The van der Waals surface area contributed by atoms with E-state index in [4.69, 9.17) is 15.0 Å². The second kappa shape index (κ2) is 11.7. The zero-order valence-electron chi connectivity index (χ0n) is 28.6. The summed E-state index contributed by atoms with van der Waals surface area (Å²) in [5.74, 6) is 1.84. The van der Waals surface area contributed by atoms with Crippen molar-refractivity contribution < 1.29 is 0 Å². The van der Waals surface area contributed by atoms with Gasteiger partial charge in [0.15, 0.2) is 11.6 Å². The van der Waals surface area contributed by atoms with Gasteiger partial charge in [-0.25, -0.2) is 4.98 Å². The number of nitrogens with zero attached hydrogens (tertiary/aromatic N) is 4. The van der Waals surface area contributed by atoms with Gasteiger partial charge in [-0.05, 0) is 61.8 Å². The van der Waals surface area contributed by atoms with Gasteiger partial charge in [-0.2, -0.15) is 9.97 Å². The molecule has 0 amide bonds. The van der Waals surface area contributed by atoms with Crippen LogP contribution in [0.5, 0.6) is 0 Å². The van der Waals surface area contributed by atoms with Crippen LogP contribution >= 0.6 is 0 Å². The lowest BCUT2D eigenvalue weighted by Crippen LogP contribution is -2.06. The number of benzene rings is 8. The number of para-hydroxylation sites is 1. The molecule has 0 unspecified atom stereocenters. The Bertz CT molecular complexity index is 3030. The molecular weight excluding hydrogens is 645 g/mol. The Morgan fingerprint density at radius 1 is 0.321 bits per heavy atom. The number of hydrogen-bond acceptors (Lipinski definition) is 3. The Morgan fingerprint density at radius 2 is 0.868 bits per heavy atom. The molecular formula is C49H30N4. The van der Waals surface area contributed by atoms with Crippen LogP contribution in [0.4, 0.5) is 0 Å². The summed E-state index contributed by atoms with van der Waals surface area (Å²) in [7, 11) is 0. The van der Waals surface area contributed by atoms with Gasteiger partial charge in [-0.3, -0.25) is 4.57 Å². The van der Waals surface area contributed by atoms with E-state index in [1.54, 1.807) is 0 Å². The van der Waals surface area contributed by atoms with Crippen molar-refractivity contribution in [3.8, 4) is 73.2 Å². The number of hydrogen-bond donors (Lipinski definition) is 0. The fourth-order valence-corrected chi connectivity index (χ4v) is 8.26. The van der Waals surface area contributed by atoms with E-state index in [1.807, 2.05) is 24.3 Å². The van der Waals surface area contributed by atoms with Crippen LogP contribution in [0.25, 0.3) is 106 Å².